The van der Waals surface area contributed by atoms with Gasteiger partial charge in [-0.15, -0.1) is 0 Å². The predicted octanol–water partition coefficient (Wildman–Crippen LogP) is 3.14. The lowest BCUT2D eigenvalue weighted by atomic mass is 10.1. The van der Waals surface area contributed by atoms with Gasteiger partial charge in [0.1, 0.15) is 5.82 Å². The van der Waals surface area contributed by atoms with Crippen molar-refractivity contribution in [2.75, 3.05) is 0 Å². The first-order valence-corrected chi connectivity index (χ1v) is 6.82. The van der Waals surface area contributed by atoms with Crippen molar-refractivity contribution in [2.24, 2.45) is 0 Å². The number of benzene rings is 2. The molecule has 0 aromatic heterocycles. The van der Waals surface area contributed by atoms with Crippen molar-refractivity contribution in [3.05, 3.63) is 69.9 Å². The molecule has 0 aliphatic rings. The number of amides is 1. The van der Waals surface area contributed by atoms with Gasteiger partial charge in [0.2, 0.25) is 0 Å². The number of rotatable bonds is 4. The Hall–Kier alpha value is -2.21. The Morgan fingerprint density at radius 1 is 1.14 bits per heavy atom. The van der Waals surface area contributed by atoms with Gasteiger partial charge < -0.3 is 10.4 Å². The summed E-state index contributed by atoms with van der Waals surface area (Å²) < 4.78 is 13.6. The smallest absolute Gasteiger partial charge is 0.330 e. The van der Waals surface area contributed by atoms with Crippen molar-refractivity contribution in [2.45, 2.75) is 6.04 Å². The minimum absolute atomic E-state index is 0.0391. The van der Waals surface area contributed by atoms with Crippen molar-refractivity contribution in [3.63, 3.8) is 0 Å². The van der Waals surface area contributed by atoms with Gasteiger partial charge in [0.05, 0.1) is 5.56 Å². The molecule has 0 bridgehead atoms. The Labute approximate surface area is 128 Å². The van der Waals surface area contributed by atoms with Gasteiger partial charge >= 0.3 is 5.97 Å². The molecule has 0 aliphatic carbocycles. The zero-order valence-corrected chi connectivity index (χ0v) is 12.3. The van der Waals surface area contributed by atoms with E-state index in [2.05, 4.69) is 21.2 Å². The highest BCUT2D eigenvalue weighted by Crippen LogP contribution is 2.20. The highest BCUT2D eigenvalue weighted by atomic mass is 79.9. The standard InChI is InChI=1S/C15H11BrFNO3/c16-12-7-6-10(17)8-11(12)14(19)18-13(15(20)21)9-4-2-1-3-5-9/h1-8,13H,(H,18,19)(H,20,21)/t13-/m1/s1. The highest BCUT2D eigenvalue weighted by Gasteiger charge is 2.23. The first-order valence-electron chi connectivity index (χ1n) is 6.02. The van der Waals surface area contributed by atoms with E-state index in [1.165, 1.54) is 12.1 Å². The second kappa shape index (κ2) is 6.49. The molecule has 1 atom stereocenters. The maximum absolute atomic E-state index is 13.2. The van der Waals surface area contributed by atoms with Gasteiger partial charge in [-0.05, 0) is 39.7 Å². The fraction of sp³-hybridized carbons (Fsp3) is 0.0667. The number of halogens is 2. The van der Waals surface area contributed by atoms with Gasteiger partial charge in [-0.2, -0.15) is 0 Å². The number of carbonyl (C=O) groups is 2. The van der Waals surface area contributed by atoms with E-state index < -0.39 is 23.7 Å². The van der Waals surface area contributed by atoms with Crippen LogP contribution in [0, 0.1) is 5.82 Å². The van der Waals surface area contributed by atoms with Crippen LogP contribution in [0.5, 0.6) is 0 Å². The molecule has 2 rings (SSSR count). The number of hydrogen-bond acceptors (Lipinski definition) is 2. The fourth-order valence-electron chi connectivity index (χ4n) is 1.81. The van der Waals surface area contributed by atoms with Crippen molar-refractivity contribution in [1.29, 1.82) is 0 Å². The molecule has 0 saturated heterocycles. The SMILES string of the molecule is O=C(N[C@@H](C(=O)O)c1ccccc1)c1cc(F)ccc1Br. The van der Waals surface area contributed by atoms with E-state index >= 15 is 0 Å². The normalized spacial score (nSPS) is 11.7. The summed E-state index contributed by atoms with van der Waals surface area (Å²) in [7, 11) is 0. The Morgan fingerprint density at radius 3 is 2.43 bits per heavy atom. The van der Waals surface area contributed by atoms with Crippen LogP contribution in [0.1, 0.15) is 22.0 Å². The maximum atomic E-state index is 13.2. The number of aliphatic carboxylic acids is 1. The summed E-state index contributed by atoms with van der Waals surface area (Å²) in [5.74, 6) is -2.44. The molecular formula is C15H11BrFNO3. The number of carboxylic acids is 1. The Kier molecular flexibility index (Phi) is 4.70. The highest BCUT2D eigenvalue weighted by molar-refractivity contribution is 9.10. The molecular weight excluding hydrogens is 341 g/mol. The summed E-state index contributed by atoms with van der Waals surface area (Å²) in [5.41, 5.74) is 0.475. The van der Waals surface area contributed by atoms with Crippen LogP contribution in [-0.4, -0.2) is 17.0 Å². The molecule has 4 nitrogen and oxygen atoms in total. The lowest BCUT2D eigenvalue weighted by molar-refractivity contribution is -0.139. The van der Waals surface area contributed by atoms with Gasteiger partial charge in [-0.3, -0.25) is 4.79 Å². The van der Waals surface area contributed by atoms with Crippen LogP contribution in [0.3, 0.4) is 0 Å². The summed E-state index contributed by atoms with van der Waals surface area (Å²) in [6.07, 6.45) is 0. The van der Waals surface area contributed by atoms with Gasteiger partial charge in [0.15, 0.2) is 6.04 Å². The molecule has 0 spiro atoms. The number of nitrogens with one attached hydrogen (secondary N) is 1. The van der Waals surface area contributed by atoms with E-state index in [1.807, 2.05) is 0 Å². The Balaban J connectivity index is 2.27. The first kappa shape index (κ1) is 15.2. The van der Waals surface area contributed by atoms with E-state index in [-0.39, 0.29) is 5.56 Å². The van der Waals surface area contributed by atoms with Crippen molar-refractivity contribution >= 4 is 27.8 Å². The number of hydrogen-bond donors (Lipinski definition) is 2. The summed E-state index contributed by atoms with van der Waals surface area (Å²) in [6, 6.07) is 10.7. The molecule has 6 heteroatoms. The van der Waals surface area contributed by atoms with Gasteiger partial charge in [0, 0.05) is 4.47 Å². The van der Waals surface area contributed by atoms with Crippen LogP contribution in [0.15, 0.2) is 53.0 Å². The van der Waals surface area contributed by atoms with Gasteiger partial charge in [-0.25, -0.2) is 9.18 Å². The molecule has 2 N–H and O–H groups in total. The summed E-state index contributed by atoms with van der Waals surface area (Å²) in [4.78, 5) is 23.5. The second-order valence-electron chi connectivity index (χ2n) is 4.28. The molecule has 108 valence electrons. The minimum Gasteiger partial charge on any atom is -0.479 e. The summed E-state index contributed by atoms with van der Waals surface area (Å²) in [5, 5.41) is 11.6. The molecule has 2 aromatic carbocycles. The summed E-state index contributed by atoms with van der Waals surface area (Å²) in [6.45, 7) is 0. The van der Waals surface area contributed by atoms with Crippen LogP contribution in [-0.2, 0) is 4.79 Å². The molecule has 2 aromatic rings. The second-order valence-corrected chi connectivity index (χ2v) is 5.13. The lowest BCUT2D eigenvalue weighted by Crippen LogP contribution is -2.34. The zero-order valence-electron chi connectivity index (χ0n) is 10.7. The predicted molar refractivity (Wildman–Crippen MR) is 78.4 cm³/mol. The van der Waals surface area contributed by atoms with Gasteiger partial charge in [0.25, 0.3) is 5.91 Å². The lowest BCUT2D eigenvalue weighted by Gasteiger charge is -2.15. The van der Waals surface area contributed by atoms with Gasteiger partial charge in [-0.1, -0.05) is 30.3 Å². The quantitative estimate of drug-likeness (QED) is 0.889. The molecule has 0 fully saturated rings. The maximum Gasteiger partial charge on any atom is 0.330 e. The van der Waals surface area contributed by atoms with Crippen molar-refractivity contribution in [3.8, 4) is 0 Å². The van der Waals surface area contributed by atoms with E-state index in [0.29, 0.717) is 10.0 Å². The monoisotopic (exact) mass is 351 g/mol. The molecule has 0 saturated carbocycles. The molecule has 1 amide bonds. The topological polar surface area (TPSA) is 66.4 Å². The third-order valence-electron chi connectivity index (χ3n) is 2.83. The van der Waals surface area contributed by atoms with Crippen LogP contribution in [0.2, 0.25) is 0 Å². The average Bonchev–Trinajstić information content (AvgIpc) is 2.47. The molecule has 0 unspecified atom stereocenters. The van der Waals surface area contributed by atoms with E-state index in [4.69, 9.17) is 0 Å². The van der Waals surface area contributed by atoms with Crippen LogP contribution >= 0.6 is 15.9 Å². The Bertz CT molecular complexity index is 676. The summed E-state index contributed by atoms with van der Waals surface area (Å²) >= 11 is 3.14. The average molecular weight is 352 g/mol. The van der Waals surface area contributed by atoms with Crippen LogP contribution < -0.4 is 5.32 Å². The zero-order chi connectivity index (χ0) is 15.4. The van der Waals surface area contributed by atoms with Crippen LogP contribution in [0.4, 0.5) is 4.39 Å². The molecule has 21 heavy (non-hydrogen) atoms. The fourth-order valence-corrected chi connectivity index (χ4v) is 2.24. The molecule has 0 radical (unpaired) electrons. The largest absolute Gasteiger partial charge is 0.479 e. The number of carboxylic acid groups (broad SMARTS) is 1. The van der Waals surface area contributed by atoms with Crippen molar-refractivity contribution in [1.82, 2.24) is 5.32 Å². The van der Waals surface area contributed by atoms with Crippen LogP contribution in [0.25, 0.3) is 0 Å². The molecule has 0 heterocycles. The van der Waals surface area contributed by atoms with E-state index in [1.54, 1.807) is 30.3 Å². The third-order valence-corrected chi connectivity index (χ3v) is 3.52. The third kappa shape index (κ3) is 3.66. The van der Waals surface area contributed by atoms with E-state index in [0.717, 1.165) is 6.07 Å². The molecule has 0 aliphatic heterocycles. The van der Waals surface area contributed by atoms with E-state index in [9.17, 15) is 19.1 Å². The first-order chi connectivity index (χ1) is 9.99. The Morgan fingerprint density at radius 2 is 1.81 bits per heavy atom. The number of carbonyl (C=O) groups excluding carboxylic acids is 1. The van der Waals surface area contributed by atoms with Crippen molar-refractivity contribution < 1.29 is 19.1 Å². The minimum atomic E-state index is -1.20.